The first-order chi connectivity index (χ1) is 7.50. The largest absolute Gasteiger partial charge is 0.399 e. The van der Waals surface area contributed by atoms with Crippen LogP contribution >= 0.6 is 0 Å². The number of benzene rings is 1. The van der Waals surface area contributed by atoms with Gasteiger partial charge in [-0.15, -0.1) is 9.35 Å². The van der Waals surface area contributed by atoms with E-state index in [9.17, 15) is 13.8 Å². The molecule has 16 heavy (non-hydrogen) atoms. The summed E-state index contributed by atoms with van der Waals surface area (Å²) < 4.78 is 23.0. The van der Waals surface area contributed by atoms with E-state index in [4.69, 9.17) is 10.3 Å². The quantitative estimate of drug-likeness (QED) is 0.427. The molecule has 84 valence electrons. The topological polar surface area (TPSA) is 110 Å². The van der Waals surface area contributed by atoms with Gasteiger partial charge < -0.3 is 5.73 Å². The van der Waals surface area contributed by atoms with Gasteiger partial charge >= 0.3 is 11.4 Å². The van der Waals surface area contributed by atoms with Crippen LogP contribution in [0.25, 0.3) is 0 Å². The fraction of sp³-hybridized carbons (Fsp3) is 0. The number of carbonyl (C=O) groups excluding carboxylic acids is 2. The lowest BCUT2D eigenvalue weighted by Gasteiger charge is -2.07. The van der Waals surface area contributed by atoms with Gasteiger partial charge in [0, 0.05) is 5.69 Å². The average molecular weight is 242 g/mol. The number of nitrogen functional groups attached to an aromatic ring is 1. The summed E-state index contributed by atoms with van der Waals surface area (Å²) in [5.41, 5.74) is 5.90. The highest BCUT2D eigenvalue weighted by Gasteiger charge is 2.38. The molecule has 1 aromatic carbocycles. The molecule has 1 atom stereocenters. The second-order valence-corrected chi connectivity index (χ2v) is 3.58. The Balaban J connectivity index is 2.44. The first-order valence-electron chi connectivity index (χ1n) is 4.08. The van der Waals surface area contributed by atoms with Gasteiger partial charge in [0.1, 0.15) is 0 Å². The maximum absolute atomic E-state index is 11.6. The zero-order valence-corrected chi connectivity index (χ0v) is 8.56. The second kappa shape index (κ2) is 3.67. The molecule has 0 radical (unpaired) electrons. The maximum atomic E-state index is 11.6. The van der Waals surface area contributed by atoms with Gasteiger partial charge in [0.15, 0.2) is 0 Å². The molecule has 8 heteroatoms. The SMILES string of the molecule is Nc1ccc2c(c1)C(=O)N(OS(=O)O)C2=O. The van der Waals surface area contributed by atoms with Crippen LogP contribution in [0.2, 0.25) is 0 Å². The summed E-state index contributed by atoms with van der Waals surface area (Å²) in [6, 6.07) is 4.11. The molecule has 1 aliphatic heterocycles. The predicted octanol–water partition coefficient (Wildman–Crippen LogP) is -0.0669. The molecule has 1 aromatic rings. The smallest absolute Gasteiger partial charge is 0.325 e. The van der Waals surface area contributed by atoms with Crippen molar-refractivity contribution >= 4 is 28.9 Å². The Bertz CT molecular complexity index is 515. The zero-order valence-electron chi connectivity index (χ0n) is 7.75. The van der Waals surface area contributed by atoms with Crippen LogP contribution < -0.4 is 5.73 Å². The highest BCUT2D eigenvalue weighted by atomic mass is 32.2. The van der Waals surface area contributed by atoms with Gasteiger partial charge in [-0.2, -0.15) is 4.21 Å². The van der Waals surface area contributed by atoms with Gasteiger partial charge in [-0.3, -0.25) is 14.1 Å². The molecule has 1 heterocycles. The van der Waals surface area contributed by atoms with Gasteiger partial charge in [-0.25, -0.2) is 0 Å². The van der Waals surface area contributed by atoms with E-state index in [2.05, 4.69) is 4.28 Å². The third-order valence-corrected chi connectivity index (χ3v) is 2.29. The van der Waals surface area contributed by atoms with E-state index in [1.54, 1.807) is 0 Å². The first kappa shape index (κ1) is 10.7. The van der Waals surface area contributed by atoms with Crippen molar-refractivity contribution in [2.45, 2.75) is 0 Å². The van der Waals surface area contributed by atoms with Crippen molar-refractivity contribution in [1.82, 2.24) is 5.06 Å². The van der Waals surface area contributed by atoms with Crippen LogP contribution in [0.1, 0.15) is 20.7 Å². The van der Waals surface area contributed by atoms with E-state index in [-0.39, 0.29) is 16.2 Å². The number of hydrogen-bond donors (Lipinski definition) is 2. The summed E-state index contributed by atoms with van der Waals surface area (Å²) in [5.74, 6) is -1.60. The first-order valence-corrected chi connectivity index (χ1v) is 5.11. The van der Waals surface area contributed by atoms with Gasteiger partial charge in [-0.1, -0.05) is 0 Å². The van der Waals surface area contributed by atoms with Crippen LogP contribution in [0.3, 0.4) is 0 Å². The molecule has 1 aliphatic rings. The Hall–Kier alpha value is -1.77. The van der Waals surface area contributed by atoms with E-state index in [1.807, 2.05) is 0 Å². The highest BCUT2D eigenvalue weighted by Crippen LogP contribution is 2.25. The lowest BCUT2D eigenvalue weighted by Crippen LogP contribution is -2.30. The summed E-state index contributed by atoms with van der Waals surface area (Å²) in [7, 11) is 0. The number of rotatable bonds is 2. The minimum absolute atomic E-state index is 0.0513. The molecule has 3 N–H and O–H groups in total. The van der Waals surface area contributed by atoms with Gasteiger partial charge in [0.2, 0.25) is 0 Å². The fourth-order valence-electron chi connectivity index (χ4n) is 1.37. The van der Waals surface area contributed by atoms with Crippen LogP contribution in [0.5, 0.6) is 0 Å². The highest BCUT2D eigenvalue weighted by molar-refractivity contribution is 7.74. The number of carbonyl (C=O) groups is 2. The van der Waals surface area contributed by atoms with E-state index in [0.717, 1.165) is 0 Å². The van der Waals surface area contributed by atoms with Gasteiger partial charge in [-0.05, 0) is 18.2 Å². The summed E-state index contributed by atoms with van der Waals surface area (Å²) in [6.07, 6.45) is 0. The normalized spacial score (nSPS) is 16.4. The molecule has 0 saturated carbocycles. The minimum atomic E-state index is -2.74. The van der Waals surface area contributed by atoms with E-state index in [0.29, 0.717) is 5.69 Å². The van der Waals surface area contributed by atoms with Crippen molar-refractivity contribution in [3.63, 3.8) is 0 Å². The fourth-order valence-corrected chi connectivity index (χ4v) is 1.63. The molecular weight excluding hydrogens is 236 g/mol. The Morgan fingerprint density at radius 1 is 1.25 bits per heavy atom. The number of fused-ring (bicyclic) bond motifs is 1. The van der Waals surface area contributed by atoms with Crippen molar-refractivity contribution in [3.05, 3.63) is 29.3 Å². The van der Waals surface area contributed by atoms with E-state index in [1.165, 1.54) is 18.2 Å². The Morgan fingerprint density at radius 3 is 2.50 bits per heavy atom. The van der Waals surface area contributed by atoms with E-state index < -0.39 is 23.2 Å². The summed E-state index contributed by atoms with van der Waals surface area (Å²) in [4.78, 5) is 23.1. The Labute approximate surface area is 92.2 Å². The van der Waals surface area contributed by atoms with Gasteiger partial charge in [0.25, 0.3) is 11.8 Å². The number of imide groups is 1. The average Bonchev–Trinajstić information content (AvgIpc) is 2.43. The number of nitrogens with zero attached hydrogens (tertiary/aromatic N) is 1. The zero-order chi connectivity index (χ0) is 11.9. The lowest BCUT2D eigenvalue weighted by molar-refractivity contribution is -0.0112. The molecule has 0 aromatic heterocycles. The molecular formula is C8H6N2O5S. The predicted molar refractivity (Wildman–Crippen MR) is 53.2 cm³/mol. The molecule has 0 saturated heterocycles. The summed E-state index contributed by atoms with van der Waals surface area (Å²) >= 11 is -2.74. The van der Waals surface area contributed by atoms with Crippen LogP contribution in [0.4, 0.5) is 5.69 Å². The second-order valence-electron chi connectivity index (χ2n) is 3.00. The maximum Gasteiger partial charge on any atom is 0.325 e. The molecule has 7 nitrogen and oxygen atoms in total. The van der Waals surface area contributed by atoms with Crippen LogP contribution in [0, 0.1) is 0 Å². The standard InChI is InChI=1S/C8H6N2O5S/c9-4-1-2-5-6(3-4)8(12)10(7(5)11)15-16(13)14/h1-3H,9H2,(H,13,14). The monoisotopic (exact) mass is 242 g/mol. The van der Waals surface area contributed by atoms with Gasteiger partial charge in [0.05, 0.1) is 11.1 Å². The molecule has 1 unspecified atom stereocenters. The third-order valence-electron chi connectivity index (χ3n) is 2.01. The molecule has 0 aliphatic carbocycles. The number of anilines is 1. The van der Waals surface area contributed by atoms with Crippen molar-refractivity contribution in [1.29, 1.82) is 0 Å². The molecule has 2 rings (SSSR count). The lowest BCUT2D eigenvalue weighted by atomic mass is 10.1. The number of hydrogen-bond acceptors (Lipinski definition) is 5. The molecule has 0 spiro atoms. The van der Waals surface area contributed by atoms with Crippen LogP contribution in [-0.4, -0.2) is 25.6 Å². The third kappa shape index (κ3) is 1.58. The molecule has 0 bridgehead atoms. The van der Waals surface area contributed by atoms with Crippen molar-refractivity contribution < 1.29 is 22.6 Å². The van der Waals surface area contributed by atoms with Crippen molar-refractivity contribution in [2.75, 3.05) is 5.73 Å². The number of hydroxylamine groups is 2. The molecule has 2 amide bonds. The van der Waals surface area contributed by atoms with E-state index >= 15 is 0 Å². The Morgan fingerprint density at radius 2 is 1.88 bits per heavy atom. The summed E-state index contributed by atoms with van der Waals surface area (Å²) in [5, 5.41) is 0.236. The van der Waals surface area contributed by atoms with Crippen molar-refractivity contribution in [3.8, 4) is 0 Å². The number of amides is 2. The Kier molecular flexibility index (Phi) is 2.46. The number of nitrogens with two attached hydrogens (primary N) is 1. The molecule has 0 fully saturated rings. The summed E-state index contributed by atoms with van der Waals surface area (Å²) in [6.45, 7) is 0. The van der Waals surface area contributed by atoms with Crippen molar-refractivity contribution in [2.24, 2.45) is 0 Å². The van der Waals surface area contributed by atoms with Crippen LogP contribution in [0.15, 0.2) is 18.2 Å². The van der Waals surface area contributed by atoms with Crippen LogP contribution in [-0.2, 0) is 15.6 Å². The minimum Gasteiger partial charge on any atom is -0.399 e.